The number of benzene rings is 22. The van der Waals surface area contributed by atoms with Gasteiger partial charge in [-0.15, -0.1) is 0 Å². The Morgan fingerprint density at radius 1 is 0.104 bits per heavy atom. The molecule has 0 aliphatic carbocycles. The number of fused-ring (bicyclic) bond motifs is 20. The Bertz CT molecular complexity index is 9490. The molecule has 6 heterocycles. The molecular weight excluding hydrogens is 1620 g/mol. The van der Waals surface area contributed by atoms with Crippen molar-refractivity contribution in [3.8, 4) is 89.8 Å². The average molecular weight is 1710 g/mol. The molecule has 28 aromatic rings. The summed E-state index contributed by atoms with van der Waals surface area (Å²) in [5, 5.41) is 20.2. The van der Waals surface area contributed by atoms with Crippen molar-refractivity contribution in [1.82, 2.24) is 27.4 Å². The lowest BCUT2D eigenvalue weighted by atomic mass is 9.97. The maximum absolute atomic E-state index is 2.45. The molecule has 0 aliphatic rings. The van der Waals surface area contributed by atoms with E-state index in [0.29, 0.717) is 0 Å². The van der Waals surface area contributed by atoms with E-state index in [2.05, 4.69) is 537 Å². The number of hydrogen-bond acceptors (Lipinski definition) is 0. The highest BCUT2D eigenvalue weighted by atomic mass is 15.0. The first-order valence-corrected chi connectivity index (χ1v) is 46.1. The van der Waals surface area contributed by atoms with Crippen LogP contribution in [-0.4, -0.2) is 27.4 Å². The molecule has 0 saturated carbocycles. The minimum absolute atomic E-state index is 1.18. The van der Waals surface area contributed by atoms with E-state index in [1.165, 1.54) is 242 Å². The van der Waals surface area contributed by atoms with Crippen molar-refractivity contribution in [2.24, 2.45) is 0 Å². The third-order valence-electron chi connectivity index (χ3n) is 27.5. The monoisotopic (exact) mass is 1700 g/mol. The van der Waals surface area contributed by atoms with E-state index >= 15 is 0 Å². The van der Waals surface area contributed by atoms with Crippen molar-refractivity contribution in [3.63, 3.8) is 0 Å². The van der Waals surface area contributed by atoms with Gasteiger partial charge in [0.15, 0.2) is 0 Å². The Morgan fingerprint density at radius 2 is 0.336 bits per heavy atom. The van der Waals surface area contributed by atoms with Gasteiger partial charge in [0.2, 0.25) is 0 Å². The Labute approximate surface area is 773 Å². The van der Waals surface area contributed by atoms with Crippen LogP contribution in [0.4, 0.5) is 0 Å². The van der Waals surface area contributed by atoms with Gasteiger partial charge in [-0.3, -0.25) is 0 Å². The Balaban J connectivity index is 0.000000105. The average Bonchev–Trinajstić information content (AvgIpc) is 1.57. The van der Waals surface area contributed by atoms with Crippen LogP contribution in [0.2, 0.25) is 0 Å². The largest absolute Gasteiger partial charge is 0.309 e. The highest BCUT2D eigenvalue weighted by Crippen LogP contribution is 2.46. The van der Waals surface area contributed by atoms with Gasteiger partial charge >= 0.3 is 0 Å². The smallest absolute Gasteiger partial charge is 0.0541 e. The summed E-state index contributed by atoms with van der Waals surface area (Å²) in [5.74, 6) is 0. The molecular formula is C128H84N6. The van der Waals surface area contributed by atoms with Crippen LogP contribution in [0, 0.1) is 0 Å². The summed E-state index contributed by atoms with van der Waals surface area (Å²) >= 11 is 0. The van der Waals surface area contributed by atoms with E-state index in [0.717, 1.165) is 0 Å². The van der Waals surface area contributed by atoms with Gasteiger partial charge in [-0.25, -0.2) is 0 Å². The van der Waals surface area contributed by atoms with E-state index in [1.807, 2.05) is 0 Å². The van der Waals surface area contributed by atoms with E-state index in [-0.39, 0.29) is 0 Å². The minimum Gasteiger partial charge on any atom is -0.309 e. The minimum atomic E-state index is 1.18. The molecule has 28 rings (SSSR count). The molecule has 626 valence electrons. The molecule has 0 amide bonds. The van der Waals surface area contributed by atoms with Crippen molar-refractivity contribution in [3.05, 3.63) is 510 Å². The summed E-state index contributed by atoms with van der Waals surface area (Å²) in [6.45, 7) is 0. The molecule has 0 fully saturated rings. The number of aromatic nitrogens is 6. The quantitative estimate of drug-likeness (QED) is 0.124. The molecule has 134 heavy (non-hydrogen) atoms. The number of nitrogens with zero attached hydrogens (tertiary/aromatic N) is 6. The van der Waals surface area contributed by atoms with Gasteiger partial charge in [0.25, 0.3) is 0 Å². The van der Waals surface area contributed by atoms with E-state index < -0.39 is 0 Å². The molecule has 0 saturated heterocycles. The molecule has 0 bridgehead atoms. The standard InChI is InChI=1S/C46H30N2.C42H28N2.C40H26N2/c1-3-13-31(14-4-1)35-25-28-44(37-18-8-7-17-36(35)37)48-43-22-12-10-20-39(43)41-30-33(24-27-46(41)48)32-23-26-45-40(29-32)38-19-9-11-21-42(38)47(45)34-15-5-2-6-16-34;1-3-13-29(14-4-1)33-17-7-10-20-38(33)44-40-22-12-9-19-35(40)37-28-31(24-26-42(37)44)30-23-25-41-36(27-30)34-18-8-11-21-39(34)43(41)32-15-5-2-6-16-32;1-2-13-30(14-3-1)41-37-18-8-6-16-32(37)34-25-28(21-23-39(34)41)29-22-24-40-35(26-29)33-17-7-9-19-38(33)42(40)36-20-10-12-27-11-4-5-15-31(27)36/h1-30H;1-28H;1-26H. The number of rotatable bonds is 11. The summed E-state index contributed by atoms with van der Waals surface area (Å²) in [6.07, 6.45) is 0. The lowest BCUT2D eigenvalue weighted by molar-refractivity contribution is 1.18. The molecule has 6 nitrogen and oxygen atoms in total. The maximum Gasteiger partial charge on any atom is 0.0541 e. The topological polar surface area (TPSA) is 29.6 Å². The summed E-state index contributed by atoms with van der Waals surface area (Å²) in [4.78, 5) is 0. The molecule has 6 aromatic heterocycles. The van der Waals surface area contributed by atoms with Crippen LogP contribution in [0.5, 0.6) is 0 Å². The second kappa shape index (κ2) is 32.1. The molecule has 0 unspecified atom stereocenters. The van der Waals surface area contributed by atoms with Crippen molar-refractivity contribution in [2.45, 2.75) is 0 Å². The summed E-state index contributed by atoms with van der Waals surface area (Å²) < 4.78 is 14.4. The van der Waals surface area contributed by atoms with Crippen LogP contribution in [-0.2, 0) is 0 Å². The second-order valence-electron chi connectivity index (χ2n) is 34.9. The Morgan fingerprint density at radius 3 is 0.694 bits per heavy atom. The van der Waals surface area contributed by atoms with Gasteiger partial charge in [-0.05, 0) is 225 Å². The van der Waals surface area contributed by atoms with Gasteiger partial charge in [0.1, 0.15) is 0 Å². The van der Waals surface area contributed by atoms with Crippen LogP contribution in [0.25, 0.3) is 242 Å². The lowest BCUT2D eigenvalue weighted by Crippen LogP contribution is -1.97. The van der Waals surface area contributed by atoms with Crippen LogP contribution in [0.15, 0.2) is 510 Å². The molecule has 0 atom stereocenters. The molecule has 6 heteroatoms. The predicted octanol–water partition coefficient (Wildman–Crippen LogP) is 34.3. The van der Waals surface area contributed by atoms with Crippen molar-refractivity contribution in [2.75, 3.05) is 0 Å². The van der Waals surface area contributed by atoms with Crippen molar-refractivity contribution >= 4 is 152 Å². The first kappa shape index (κ1) is 77.3. The van der Waals surface area contributed by atoms with Gasteiger partial charge in [0.05, 0.1) is 83.3 Å². The first-order chi connectivity index (χ1) is 66.5. The van der Waals surface area contributed by atoms with E-state index in [1.54, 1.807) is 0 Å². The number of para-hydroxylation sites is 10. The van der Waals surface area contributed by atoms with Gasteiger partial charge in [-0.2, -0.15) is 0 Å². The zero-order chi connectivity index (χ0) is 88.3. The second-order valence-corrected chi connectivity index (χ2v) is 34.9. The Hall–Kier alpha value is -17.8. The van der Waals surface area contributed by atoms with Crippen LogP contribution < -0.4 is 0 Å². The molecule has 0 radical (unpaired) electrons. The molecule has 0 N–H and O–H groups in total. The van der Waals surface area contributed by atoms with Crippen LogP contribution in [0.1, 0.15) is 0 Å². The maximum atomic E-state index is 2.45. The molecule has 22 aromatic carbocycles. The van der Waals surface area contributed by atoms with Gasteiger partial charge in [-0.1, -0.05) is 346 Å². The fourth-order valence-electron chi connectivity index (χ4n) is 21.5. The normalized spacial score (nSPS) is 11.7. The summed E-state index contributed by atoms with van der Waals surface area (Å²) in [5.41, 5.74) is 34.0. The van der Waals surface area contributed by atoms with E-state index in [4.69, 9.17) is 0 Å². The van der Waals surface area contributed by atoms with Crippen LogP contribution >= 0.6 is 0 Å². The third-order valence-corrected chi connectivity index (χ3v) is 27.5. The number of hydrogen-bond donors (Lipinski definition) is 0. The third kappa shape index (κ3) is 12.8. The van der Waals surface area contributed by atoms with Crippen molar-refractivity contribution < 1.29 is 0 Å². The molecule has 0 aliphatic heterocycles. The zero-order valence-electron chi connectivity index (χ0n) is 73.2. The van der Waals surface area contributed by atoms with Gasteiger partial charge < -0.3 is 27.4 Å². The van der Waals surface area contributed by atoms with E-state index in [9.17, 15) is 0 Å². The van der Waals surface area contributed by atoms with Crippen molar-refractivity contribution in [1.29, 1.82) is 0 Å². The predicted molar refractivity (Wildman–Crippen MR) is 568 cm³/mol. The highest BCUT2D eigenvalue weighted by molar-refractivity contribution is 6.18. The fraction of sp³-hybridized carbons (Fsp3) is 0. The highest BCUT2D eigenvalue weighted by Gasteiger charge is 2.24. The summed E-state index contributed by atoms with van der Waals surface area (Å²) in [7, 11) is 0. The van der Waals surface area contributed by atoms with Crippen LogP contribution in [0.3, 0.4) is 0 Å². The zero-order valence-corrected chi connectivity index (χ0v) is 73.2. The lowest BCUT2D eigenvalue weighted by Gasteiger charge is -2.15. The molecule has 0 spiro atoms. The fourth-order valence-corrected chi connectivity index (χ4v) is 21.5. The first-order valence-electron chi connectivity index (χ1n) is 46.1. The Kier molecular flexibility index (Phi) is 18.5. The van der Waals surface area contributed by atoms with Gasteiger partial charge in [0, 0.05) is 98.0 Å². The SMILES string of the molecule is c1ccc(-c2ccc(-n3c4ccccc4c4cc(-c5ccc6c(c5)c5ccccc5n6-c5ccccc5)ccc43)c3ccccc23)cc1.c1ccc(-c2ccccc2-n2c3ccccc3c3cc(-c4ccc5c(c4)c4ccccc4n5-c4ccccc4)ccc32)cc1.c1ccc(-n2c3ccccc3c3cc(-c4ccc5c(c4)c4ccccc4n5-c4cccc5ccccc45)ccc32)cc1. The summed E-state index contributed by atoms with van der Waals surface area (Å²) in [6, 6.07) is 185.